The molecule has 2 aliphatic rings. The zero-order chi connectivity index (χ0) is 30.2. The molecule has 2 aliphatic heterocycles. The number of aliphatic hydroxyl groups is 1. The minimum Gasteiger partial charge on any atom is -0.447 e. The lowest BCUT2D eigenvalue weighted by atomic mass is 9.97. The van der Waals surface area contributed by atoms with Gasteiger partial charge in [-0.05, 0) is 43.6 Å². The molecule has 13 nitrogen and oxygen atoms in total. The molecule has 2 saturated heterocycles. The molecule has 3 rings (SSSR count). The molecule has 1 unspecified atom stereocenters. The van der Waals surface area contributed by atoms with Gasteiger partial charge in [-0.25, -0.2) is 4.79 Å². The van der Waals surface area contributed by atoms with Crippen LogP contribution in [0.4, 0.5) is 4.79 Å². The summed E-state index contributed by atoms with van der Waals surface area (Å²) >= 11 is 0. The molecule has 14 heteroatoms. The molecular weight excluding hydrogens is 556 g/mol. The van der Waals surface area contributed by atoms with Crippen LogP contribution in [0, 0.1) is 11.8 Å². The van der Waals surface area contributed by atoms with Crippen LogP contribution in [0.5, 0.6) is 0 Å². The molecule has 4 amide bonds. The highest BCUT2D eigenvalue weighted by molar-refractivity contribution is 7.86. The smallest absolute Gasteiger partial charge is 0.407 e. The van der Waals surface area contributed by atoms with Crippen molar-refractivity contribution in [2.24, 2.45) is 11.8 Å². The first-order valence-electron chi connectivity index (χ1n) is 13.8. The third-order valence-electron chi connectivity index (χ3n) is 7.34. The fourth-order valence-corrected chi connectivity index (χ4v) is 5.73. The number of rotatable bonds is 14. The number of nitrogens with one attached hydrogen (secondary N) is 3. The predicted octanol–water partition coefficient (Wildman–Crippen LogP) is 0.578. The number of benzene rings is 1. The highest BCUT2D eigenvalue weighted by Gasteiger charge is 2.38. The van der Waals surface area contributed by atoms with Gasteiger partial charge in [-0.2, -0.15) is 8.42 Å². The van der Waals surface area contributed by atoms with Crippen LogP contribution in [0.15, 0.2) is 30.3 Å². The lowest BCUT2D eigenvalue weighted by Gasteiger charge is -2.28. The SMILES string of the molecule is CC(C)C[C@H](NC(=O)OC[C@@H]1CCC(=O)N1CCc1ccccc1)C(=O)N[C@@H](C[C@@H]1CCNC1=O)C(O)S(=O)(=O)O. The number of ether oxygens (including phenoxy) is 1. The molecule has 0 saturated carbocycles. The van der Waals surface area contributed by atoms with E-state index >= 15 is 0 Å². The van der Waals surface area contributed by atoms with E-state index in [1.165, 1.54) is 0 Å². The molecule has 1 aromatic carbocycles. The Hall–Kier alpha value is -3.23. The number of carbonyl (C=O) groups is 4. The molecule has 41 heavy (non-hydrogen) atoms. The quantitative estimate of drug-likeness (QED) is 0.191. The minimum atomic E-state index is -4.96. The summed E-state index contributed by atoms with van der Waals surface area (Å²) in [5.41, 5.74) is -1.29. The van der Waals surface area contributed by atoms with E-state index in [0.29, 0.717) is 38.8 Å². The van der Waals surface area contributed by atoms with E-state index < -0.39 is 45.6 Å². The summed E-state index contributed by atoms with van der Waals surface area (Å²) in [4.78, 5) is 52.0. The summed E-state index contributed by atoms with van der Waals surface area (Å²) in [6, 6.07) is 6.75. The van der Waals surface area contributed by atoms with Crippen molar-refractivity contribution in [2.75, 3.05) is 19.7 Å². The normalized spacial score (nSPS) is 21.3. The van der Waals surface area contributed by atoms with Crippen LogP contribution in [0.25, 0.3) is 0 Å². The molecular formula is C27H40N4O9S. The molecule has 2 fully saturated rings. The number of aliphatic hydroxyl groups excluding tert-OH is 1. The largest absolute Gasteiger partial charge is 0.447 e. The van der Waals surface area contributed by atoms with Crippen LogP contribution in [0.2, 0.25) is 0 Å². The topological polar surface area (TPSA) is 191 Å². The van der Waals surface area contributed by atoms with Crippen molar-refractivity contribution in [3.05, 3.63) is 35.9 Å². The first-order valence-corrected chi connectivity index (χ1v) is 15.3. The van der Waals surface area contributed by atoms with Crippen LogP contribution >= 0.6 is 0 Å². The standard InChI is InChI=1S/C27H40N4O9S/c1-17(2)14-21(25(34)29-22(26(35)41(37,38)39)15-19-10-12-28-24(19)33)30-27(36)40-16-20-8-9-23(32)31(20)13-11-18-6-4-3-5-7-18/h3-7,17,19-22,26,35H,8-16H2,1-2H3,(H,28,33)(H,29,34)(H,30,36)(H,37,38,39)/t19-,20-,21-,22-,26?/m0/s1. The summed E-state index contributed by atoms with van der Waals surface area (Å²) < 4.78 is 38.1. The van der Waals surface area contributed by atoms with E-state index in [4.69, 9.17) is 4.74 Å². The molecule has 0 bridgehead atoms. The Balaban J connectivity index is 1.60. The number of hydrogen-bond donors (Lipinski definition) is 5. The molecule has 0 spiro atoms. The minimum absolute atomic E-state index is 0.0219. The second kappa shape index (κ2) is 14.6. The van der Waals surface area contributed by atoms with E-state index in [2.05, 4.69) is 16.0 Å². The molecule has 228 valence electrons. The van der Waals surface area contributed by atoms with Gasteiger partial charge in [0.25, 0.3) is 10.1 Å². The Bertz CT molecular complexity index is 1180. The van der Waals surface area contributed by atoms with E-state index in [9.17, 15) is 37.3 Å². The van der Waals surface area contributed by atoms with Gasteiger partial charge in [-0.15, -0.1) is 0 Å². The molecule has 5 N–H and O–H groups in total. The fraction of sp³-hybridized carbons (Fsp3) is 0.630. The van der Waals surface area contributed by atoms with Crippen molar-refractivity contribution in [1.82, 2.24) is 20.9 Å². The monoisotopic (exact) mass is 596 g/mol. The number of hydrogen-bond acceptors (Lipinski definition) is 8. The summed E-state index contributed by atoms with van der Waals surface area (Å²) in [5, 5.41) is 17.7. The van der Waals surface area contributed by atoms with Crippen molar-refractivity contribution in [1.29, 1.82) is 0 Å². The van der Waals surface area contributed by atoms with Gasteiger partial charge in [-0.1, -0.05) is 44.2 Å². The zero-order valence-electron chi connectivity index (χ0n) is 23.3. The summed E-state index contributed by atoms with van der Waals surface area (Å²) in [6.45, 7) is 4.41. The lowest BCUT2D eigenvalue weighted by Crippen LogP contribution is -2.55. The number of alkyl carbamates (subject to hydrolysis) is 1. The third-order valence-corrected chi connectivity index (χ3v) is 8.28. The van der Waals surface area contributed by atoms with Gasteiger partial charge in [-0.3, -0.25) is 18.9 Å². The molecule has 0 aliphatic carbocycles. The van der Waals surface area contributed by atoms with Crippen molar-refractivity contribution in [3.8, 4) is 0 Å². The maximum Gasteiger partial charge on any atom is 0.407 e. The van der Waals surface area contributed by atoms with Crippen LogP contribution < -0.4 is 16.0 Å². The van der Waals surface area contributed by atoms with Gasteiger partial charge in [0.1, 0.15) is 12.6 Å². The second-order valence-electron chi connectivity index (χ2n) is 11.0. The van der Waals surface area contributed by atoms with Gasteiger partial charge >= 0.3 is 6.09 Å². The van der Waals surface area contributed by atoms with Crippen LogP contribution in [-0.2, 0) is 35.7 Å². The first-order chi connectivity index (χ1) is 19.3. The van der Waals surface area contributed by atoms with Gasteiger partial charge in [0, 0.05) is 25.4 Å². The van der Waals surface area contributed by atoms with Gasteiger partial charge in [0.15, 0.2) is 0 Å². The fourth-order valence-electron chi connectivity index (χ4n) is 5.14. The van der Waals surface area contributed by atoms with Crippen LogP contribution in [-0.4, -0.2) is 90.0 Å². The number of nitrogens with zero attached hydrogens (tertiary/aromatic N) is 1. The molecule has 0 aromatic heterocycles. The molecule has 2 heterocycles. The van der Waals surface area contributed by atoms with Crippen molar-refractivity contribution in [2.45, 2.75) is 75.9 Å². The van der Waals surface area contributed by atoms with Gasteiger partial charge < -0.3 is 30.7 Å². The van der Waals surface area contributed by atoms with Gasteiger partial charge in [0.05, 0.1) is 12.1 Å². The Morgan fingerprint density at radius 3 is 2.46 bits per heavy atom. The van der Waals surface area contributed by atoms with Gasteiger partial charge in [0.2, 0.25) is 23.2 Å². The lowest BCUT2D eigenvalue weighted by molar-refractivity contribution is -0.129. The maximum atomic E-state index is 13.2. The zero-order valence-corrected chi connectivity index (χ0v) is 24.1. The Morgan fingerprint density at radius 2 is 1.85 bits per heavy atom. The van der Waals surface area contributed by atoms with E-state index in [-0.39, 0.29) is 43.2 Å². The number of amides is 4. The summed E-state index contributed by atoms with van der Waals surface area (Å²) in [6.07, 6.45) is 0.937. The molecule has 1 aromatic rings. The van der Waals surface area contributed by atoms with E-state index in [1.54, 1.807) is 4.90 Å². The Labute approximate surface area is 240 Å². The van der Waals surface area contributed by atoms with E-state index in [1.807, 2.05) is 44.2 Å². The highest BCUT2D eigenvalue weighted by Crippen LogP contribution is 2.21. The summed E-state index contributed by atoms with van der Waals surface area (Å²) in [7, 11) is -4.96. The maximum absolute atomic E-state index is 13.2. The number of carbonyl (C=O) groups excluding carboxylic acids is 4. The first kappa shape index (κ1) is 32.3. The Morgan fingerprint density at radius 1 is 1.15 bits per heavy atom. The average Bonchev–Trinajstić information content (AvgIpc) is 3.48. The van der Waals surface area contributed by atoms with Crippen LogP contribution in [0.1, 0.15) is 51.5 Å². The molecule has 5 atom stereocenters. The summed E-state index contributed by atoms with van der Waals surface area (Å²) in [5.74, 6) is -1.92. The van der Waals surface area contributed by atoms with E-state index in [0.717, 1.165) is 5.56 Å². The van der Waals surface area contributed by atoms with Crippen molar-refractivity contribution < 1.29 is 42.0 Å². The van der Waals surface area contributed by atoms with Crippen molar-refractivity contribution in [3.63, 3.8) is 0 Å². The van der Waals surface area contributed by atoms with Crippen molar-refractivity contribution >= 4 is 33.9 Å². The molecule has 0 radical (unpaired) electrons. The Kier molecular flexibility index (Phi) is 11.5. The third kappa shape index (κ3) is 9.68. The highest BCUT2D eigenvalue weighted by atomic mass is 32.2. The number of likely N-dealkylation sites (tertiary alicyclic amines) is 1. The average molecular weight is 597 g/mol. The van der Waals surface area contributed by atoms with Crippen LogP contribution in [0.3, 0.4) is 0 Å². The predicted molar refractivity (Wildman–Crippen MR) is 148 cm³/mol. The second-order valence-corrected chi connectivity index (χ2v) is 12.5.